The third-order valence-corrected chi connectivity index (χ3v) is 1.81. The van der Waals surface area contributed by atoms with Crippen molar-refractivity contribution in [2.24, 2.45) is 0 Å². The van der Waals surface area contributed by atoms with E-state index in [9.17, 15) is 20.9 Å². The summed E-state index contributed by atoms with van der Waals surface area (Å²) in [6, 6.07) is 0.990. The first-order valence-electron chi connectivity index (χ1n) is 2.74. The standard InChI is InChI=1S/C6H2F5S/c7-3-1-2-4(12(10)11)6(9)5(3)8/h1-2H/q+1. The van der Waals surface area contributed by atoms with Gasteiger partial charge in [-0.2, -0.15) is 4.39 Å². The van der Waals surface area contributed by atoms with Crippen LogP contribution in [0.15, 0.2) is 17.0 Å². The summed E-state index contributed by atoms with van der Waals surface area (Å²) in [6.07, 6.45) is 0. The van der Waals surface area contributed by atoms with Gasteiger partial charge in [0.05, 0.1) is 7.77 Å². The molecule has 0 atom stereocenters. The highest BCUT2D eigenvalue weighted by Crippen LogP contribution is 2.23. The first kappa shape index (κ1) is 9.31. The Labute approximate surface area is 67.9 Å². The quantitative estimate of drug-likeness (QED) is 0.372. The number of rotatable bonds is 1. The van der Waals surface area contributed by atoms with Gasteiger partial charge in [-0.15, -0.1) is 0 Å². The molecule has 0 aromatic heterocycles. The monoisotopic (exact) mass is 201 g/mol. The molecule has 0 fully saturated rings. The Kier molecular flexibility index (Phi) is 2.56. The summed E-state index contributed by atoms with van der Waals surface area (Å²) in [7, 11) is 0. The Morgan fingerprint density at radius 2 is 1.50 bits per heavy atom. The second-order valence-corrected chi connectivity index (χ2v) is 2.75. The van der Waals surface area contributed by atoms with Gasteiger partial charge in [-0.3, -0.25) is 0 Å². The Balaban J connectivity index is 3.27. The lowest BCUT2D eigenvalue weighted by Gasteiger charge is -1.93. The second kappa shape index (κ2) is 3.30. The topological polar surface area (TPSA) is 0 Å². The van der Waals surface area contributed by atoms with Crippen LogP contribution in [-0.2, 0) is 11.7 Å². The van der Waals surface area contributed by atoms with Crippen molar-refractivity contribution in [1.29, 1.82) is 0 Å². The zero-order chi connectivity index (χ0) is 9.30. The maximum absolute atomic E-state index is 12.4. The minimum Gasteiger partial charge on any atom is -0.204 e. The summed E-state index contributed by atoms with van der Waals surface area (Å²) in [5.74, 6) is -5.15. The van der Waals surface area contributed by atoms with Crippen LogP contribution >= 0.6 is 0 Å². The van der Waals surface area contributed by atoms with E-state index in [4.69, 9.17) is 0 Å². The second-order valence-electron chi connectivity index (χ2n) is 1.89. The molecular formula is C6H2F5S+. The van der Waals surface area contributed by atoms with Crippen LogP contribution in [0, 0.1) is 17.5 Å². The molecule has 0 nitrogen and oxygen atoms in total. The maximum atomic E-state index is 12.4. The minimum absolute atomic E-state index is 0.465. The molecule has 0 saturated heterocycles. The molecule has 0 aliphatic rings. The lowest BCUT2D eigenvalue weighted by atomic mass is 10.3. The van der Waals surface area contributed by atoms with E-state index >= 15 is 0 Å². The van der Waals surface area contributed by atoms with Gasteiger partial charge in [0.15, 0.2) is 11.6 Å². The van der Waals surface area contributed by atoms with Crippen LogP contribution in [0.5, 0.6) is 0 Å². The van der Waals surface area contributed by atoms with E-state index in [0.717, 1.165) is 0 Å². The molecule has 6 heteroatoms. The Morgan fingerprint density at radius 1 is 0.917 bits per heavy atom. The Bertz CT molecular complexity index is 298. The number of halogens is 5. The molecule has 0 spiro atoms. The third-order valence-electron chi connectivity index (χ3n) is 1.17. The normalized spacial score (nSPS) is 10.8. The summed E-state index contributed by atoms with van der Waals surface area (Å²) in [6.45, 7) is 0. The summed E-state index contributed by atoms with van der Waals surface area (Å²) in [5, 5.41) is 0. The van der Waals surface area contributed by atoms with Gasteiger partial charge in [-0.05, 0) is 6.07 Å². The smallest absolute Gasteiger partial charge is 0.204 e. The first-order chi connectivity index (χ1) is 5.54. The van der Waals surface area contributed by atoms with Gasteiger partial charge in [0, 0.05) is 6.07 Å². The van der Waals surface area contributed by atoms with Crippen molar-refractivity contribution in [3.63, 3.8) is 0 Å². The van der Waals surface area contributed by atoms with Gasteiger partial charge >= 0.3 is 11.7 Å². The molecule has 1 aromatic rings. The summed E-state index contributed by atoms with van der Waals surface area (Å²) < 4.78 is 60.5. The lowest BCUT2D eigenvalue weighted by molar-refractivity contribution is 0.433. The van der Waals surface area contributed by atoms with Crippen molar-refractivity contribution in [2.75, 3.05) is 0 Å². The molecule has 66 valence electrons. The molecule has 0 radical (unpaired) electrons. The summed E-state index contributed by atoms with van der Waals surface area (Å²) >= 11 is -3.39. The average molecular weight is 201 g/mol. The average Bonchev–Trinajstić information content (AvgIpc) is 2.00. The van der Waals surface area contributed by atoms with Gasteiger partial charge in [0.1, 0.15) is 0 Å². The molecule has 0 bridgehead atoms. The van der Waals surface area contributed by atoms with Crippen molar-refractivity contribution >= 4 is 11.7 Å². The fourth-order valence-electron chi connectivity index (χ4n) is 0.627. The lowest BCUT2D eigenvalue weighted by Crippen LogP contribution is -1.98. The fourth-order valence-corrected chi connectivity index (χ4v) is 1.02. The third kappa shape index (κ3) is 1.52. The van der Waals surface area contributed by atoms with Crippen LogP contribution in [0.2, 0.25) is 0 Å². The molecule has 1 rings (SSSR count). The van der Waals surface area contributed by atoms with Gasteiger partial charge < -0.3 is 0 Å². The first-order valence-corrected chi connectivity index (χ1v) is 3.77. The SMILES string of the molecule is Fc1ccc([S+](F)F)c(F)c1F. The highest BCUT2D eigenvalue weighted by atomic mass is 32.3. The number of benzene rings is 1. The van der Waals surface area contributed by atoms with Crippen LogP contribution in [0.4, 0.5) is 20.9 Å². The Hall–Kier alpha value is -0.780. The highest BCUT2D eigenvalue weighted by Gasteiger charge is 2.32. The molecule has 12 heavy (non-hydrogen) atoms. The van der Waals surface area contributed by atoms with E-state index in [1.54, 1.807) is 0 Å². The molecule has 0 amide bonds. The predicted octanol–water partition coefficient (Wildman–Crippen LogP) is 2.85. The van der Waals surface area contributed by atoms with Crippen LogP contribution in [0.1, 0.15) is 0 Å². The fraction of sp³-hybridized carbons (Fsp3) is 0. The molecule has 1 aromatic carbocycles. The molecule has 0 saturated carbocycles. The molecule has 0 N–H and O–H groups in total. The molecule has 0 aliphatic carbocycles. The van der Waals surface area contributed by atoms with Crippen LogP contribution in [0.25, 0.3) is 0 Å². The van der Waals surface area contributed by atoms with Gasteiger partial charge in [-0.25, -0.2) is 8.78 Å². The zero-order valence-corrected chi connectivity index (χ0v) is 6.27. The highest BCUT2D eigenvalue weighted by molar-refractivity contribution is 7.87. The van der Waals surface area contributed by atoms with Gasteiger partial charge in [0.25, 0.3) is 4.90 Å². The van der Waals surface area contributed by atoms with Crippen LogP contribution in [0.3, 0.4) is 0 Å². The van der Waals surface area contributed by atoms with Crippen molar-refractivity contribution in [2.45, 2.75) is 4.90 Å². The Morgan fingerprint density at radius 3 is 2.00 bits per heavy atom. The van der Waals surface area contributed by atoms with Gasteiger partial charge in [-0.1, -0.05) is 0 Å². The van der Waals surface area contributed by atoms with Crippen molar-refractivity contribution in [1.82, 2.24) is 0 Å². The molecule has 0 unspecified atom stereocenters. The molecule has 0 aliphatic heterocycles. The predicted molar refractivity (Wildman–Crippen MR) is 34.2 cm³/mol. The maximum Gasteiger partial charge on any atom is 0.466 e. The van der Waals surface area contributed by atoms with Crippen molar-refractivity contribution < 1.29 is 20.9 Å². The van der Waals surface area contributed by atoms with E-state index in [-0.39, 0.29) is 0 Å². The van der Waals surface area contributed by atoms with E-state index < -0.39 is 34.0 Å². The van der Waals surface area contributed by atoms with Crippen LogP contribution < -0.4 is 0 Å². The summed E-state index contributed by atoms with van der Waals surface area (Å²) in [5.41, 5.74) is 0. The van der Waals surface area contributed by atoms with E-state index in [2.05, 4.69) is 0 Å². The van der Waals surface area contributed by atoms with Crippen molar-refractivity contribution in [3.05, 3.63) is 29.6 Å². The van der Waals surface area contributed by atoms with E-state index in [1.165, 1.54) is 0 Å². The minimum atomic E-state index is -3.39. The number of hydrogen-bond donors (Lipinski definition) is 0. The van der Waals surface area contributed by atoms with Crippen LogP contribution in [-0.4, -0.2) is 0 Å². The zero-order valence-electron chi connectivity index (χ0n) is 5.45. The molecular weight excluding hydrogens is 199 g/mol. The van der Waals surface area contributed by atoms with Crippen molar-refractivity contribution in [3.8, 4) is 0 Å². The largest absolute Gasteiger partial charge is 0.466 e. The van der Waals surface area contributed by atoms with E-state index in [1.807, 2.05) is 0 Å². The van der Waals surface area contributed by atoms with E-state index in [0.29, 0.717) is 12.1 Å². The van der Waals surface area contributed by atoms with Gasteiger partial charge in [0.2, 0.25) is 5.82 Å². The number of hydrogen-bond acceptors (Lipinski definition) is 0. The molecule has 0 heterocycles. The summed E-state index contributed by atoms with van der Waals surface area (Å²) in [4.78, 5) is -1.10.